The molecule has 0 unspecified atom stereocenters. The summed E-state index contributed by atoms with van der Waals surface area (Å²) in [6.07, 6.45) is 3.99. The van der Waals surface area contributed by atoms with Crippen molar-refractivity contribution in [1.29, 1.82) is 0 Å². The second kappa shape index (κ2) is 8.08. The first-order valence-electron chi connectivity index (χ1n) is 8.16. The van der Waals surface area contributed by atoms with Gasteiger partial charge in [0.05, 0.1) is 10.5 Å². The Morgan fingerprint density at radius 3 is 2.57 bits per heavy atom. The fraction of sp³-hybridized carbons (Fsp3) is 0.111. The first-order valence-corrected chi connectivity index (χ1v) is 8.16. The van der Waals surface area contributed by atoms with E-state index < -0.39 is 16.5 Å². The summed E-state index contributed by atoms with van der Waals surface area (Å²) in [5, 5.41) is 11.6. The van der Waals surface area contributed by atoms with Crippen LogP contribution >= 0.6 is 0 Å². The minimum Gasteiger partial charge on any atom is -0.434 e. The predicted octanol–water partition coefficient (Wildman–Crippen LogP) is 2.95. The van der Waals surface area contributed by atoms with E-state index in [9.17, 15) is 14.9 Å². The van der Waals surface area contributed by atoms with Crippen molar-refractivity contribution in [3.05, 3.63) is 75.9 Å². The van der Waals surface area contributed by atoms with Crippen molar-refractivity contribution in [2.75, 3.05) is 5.43 Å². The molecule has 0 saturated carbocycles. The van der Waals surface area contributed by atoms with Gasteiger partial charge < -0.3 is 4.74 Å². The molecule has 0 fully saturated rings. The number of carbonyl (C=O) groups is 1. The fourth-order valence-corrected chi connectivity index (χ4v) is 2.48. The highest BCUT2D eigenvalue weighted by Crippen LogP contribution is 2.34. The lowest BCUT2D eigenvalue weighted by Crippen LogP contribution is -2.30. The maximum absolute atomic E-state index is 12.1. The number of hydrogen-bond acceptors (Lipinski definition) is 8. The summed E-state index contributed by atoms with van der Waals surface area (Å²) in [4.78, 5) is 34.5. The van der Waals surface area contributed by atoms with Gasteiger partial charge in [-0.1, -0.05) is 6.07 Å². The molecule has 10 heteroatoms. The lowest BCUT2D eigenvalue weighted by molar-refractivity contribution is -0.385. The van der Waals surface area contributed by atoms with Crippen LogP contribution in [0.5, 0.6) is 11.6 Å². The highest BCUT2D eigenvalue weighted by molar-refractivity contribution is 5.94. The van der Waals surface area contributed by atoms with Gasteiger partial charge in [0, 0.05) is 12.4 Å². The molecule has 1 amide bonds. The summed E-state index contributed by atoms with van der Waals surface area (Å²) in [7, 11) is 0. The Labute approximate surface area is 159 Å². The Morgan fingerprint density at radius 1 is 1.18 bits per heavy atom. The van der Waals surface area contributed by atoms with Gasteiger partial charge in [0.15, 0.2) is 0 Å². The smallest absolute Gasteiger partial charge is 0.374 e. The monoisotopic (exact) mass is 380 g/mol. The molecule has 1 aromatic carbocycles. The number of rotatable bonds is 6. The van der Waals surface area contributed by atoms with Gasteiger partial charge in [0.1, 0.15) is 12.1 Å². The van der Waals surface area contributed by atoms with Crippen molar-refractivity contribution in [3.63, 3.8) is 0 Å². The Hall–Kier alpha value is -4.08. The van der Waals surface area contributed by atoms with Gasteiger partial charge in [0.25, 0.3) is 5.91 Å². The van der Waals surface area contributed by atoms with Crippen LogP contribution in [0.1, 0.15) is 21.5 Å². The van der Waals surface area contributed by atoms with Gasteiger partial charge in [-0.05, 0) is 49.2 Å². The Kier molecular flexibility index (Phi) is 5.40. The van der Waals surface area contributed by atoms with E-state index >= 15 is 0 Å². The third-order valence-electron chi connectivity index (χ3n) is 3.60. The van der Waals surface area contributed by atoms with Crippen LogP contribution < -0.4 is 15.6 Å². The molecule has 0 aliphatic rings. The molecule has 0 atom stereocenters. The van der Waals surface area contributed by atoms with Crippen molar-refractivity contribution < 1.29 is 14.5 Å². The summed E-state index contributed by atoms with van der Waals surface area (Å²) >= 11 is 0. The number of carbonyl (C=O) groups excluding carboxylic acids is 1. The van der Waals surface area contributed by atoms with Gasteiger partial charge in [-0.15, -0.1) is 0 Å². The number of nitrogens with zero attached hydrogens (tertiary/aromatic N) is 4. The molecule has 28 heavy (non-hydrogen) atoms. The number of pyridine rings is 1. The molecule has 10 nitrogen and oxygen atoms in total. The Bertz CT molecular complexity index is 1010. The zero-order valence-electron chi connectivity index (χ0n) is 15.0. The molecule has 3 aromatic rings. The molecular formula is C18H16N6O4. The van der Waals surface area contributed by atoms with E-state index in [-0.39, 0.29) is 17.3 Å². The van der Waals surface area contributed by atoms with Gasteiger partial charge in [-0.3, -0.25) is 30.7 Å². The SMILES string of the molecule is Cc1cc(C)cc(Oc2ncnc(NNC(=O)c3cccnc3)c2[N+](=O)[O-])c1. The van der Waals surface area contributed by atoms with E-state index in [4.69, 9.17) is 4.74 Å². The van der Waals surface area contributed by atoms with Crippen molar-refractivity contribution >= 4 is 17.4 Å². The molecule has 0 bridgehead atoms. The van der Waals surface area contributed by atoms with Crippen molar-refractivity contribution in [2.45, 2.75) is 13.8 Å². The molecule has 0 aliphatic carbocycles. The van der Waals surface area contributed by atoms with E-state index in [1.165, 1.54) is 12.4 Å². The largest absolute Gasteiger partial charge is 0.434 e. The minimum absolute atomic E-state index is 0.211. The predicted molar refractivity (Wildman–Crippen MR) is 100 cm³/mol. The lowest BCUT2D eigenvalue weighted by Gasteiger charge is -2.11. The first-order chi connectivity index (χ1) is 13.4. The average molecular weight is 380 g/mol. The highest BCUT2D eigenvalue weighted by Gasteiger charge is 2.25. The molecule has 2 aromatic heterocycles. The fourth-order valence-electron chi connectivity index (χ4n) is 2.48. The van der Waals surface area contributed by atoms with Crippen molar-refractivity contribution in [2.24, 2.45) is 0 Å². The van der Waals surface area contributed by atoms with Crippen LogP contribution in [0, 0.1) is 24.0 Å². The Morgan fingerprint density at radius 2 is 1.93 bits per heavy atom. The zero-order chi connectivity index (χ0) is 20.1. The number of anilines is 1. The normalized spacial score (nSPS) is 10.2. The van der Waals surface area contributed by atoms with Crippen LogP contribution in [0.4, 0.5) is 11.5 Å². The zero-order valence-corrected chi connectivity index (χ0v) is 15.0. The third kappa shape index (κ3) is 4.36. The van der Waals surface area contributed by atoms with Crippen LogP contribution in [0.15, 0.2) is 49.1 Å². The first kappa shape index (κ1) is 18.7. The van der Waals surface area contributed by atoms with Gasteiger partial charge in [0.2, 0.25) is 5.82 Å². The minimum atomic E-state index is -0.684. The summed E-state index contributed by atoms with van der Waals surface area (Å²) in [6.45, 7) is 3.77. The van der Waals surface area contributed by atoms with Gasteiger partial charge >= 0.3 is 11.6 Å². The van der Waals surface area contributed by atoms with Crippen LogP contribution in [0.2, 0.25) is 0 Å². The number of aromatic nitrogens is 3. The van der Waals surface area contributed by atoms with Crippen LogP contribution in [0.3, 0.4) is 0 Å². The molecule has 2 heterocycles. The number of hydrazine groups is 1. The molecule has 142 valence electrons. The molecule has 0 saturated heterocycles. The molecule has 0 spiro atoms. The van der Waals surface area contributed by atoms with E-state index in [1.54, 1.807) is 24.3 Å². The second-order valence-corrected chi connectivity index (χ2v) is 5.88. The maximum atomic E-state index is 12.1. The summed E-state index contributed by atoms with van der Waals surface area (Å²) in [5.74, 6) is -0.581. The highest BCUT2D eigenvalue weighted by atomic mass is 16.6. The topological polar surface area (TPSA) is 132 Å². The standard InChI is InChI=1S/C18H16N6O4/c1-11-6-12(2)8-14(7-11)28-18-15(24(26)27)16(20-10-21-18)22-23-17(25)13-4-3-5-19-9-13/h3-10H,1-2H3,(H,23,25)(H,20,21,22). The molecule has 3 rings (SSSR count). The van der Waals surface area contributed by atoms with E-state index in [0.29, 0.717) is 5.75 Å². The summed E-state index contributed by atoms with van der Waals surface area (Å²) in [5.41, 5.74) is 6.43. The molecule has 0 aliphatic heterocycles. The van der Waals surface area contributed by atoms with Gasteiger partial charge in [-0.25, -0.2) is 4.98 Å². The quantitative estimate of drug-likeness (QED) is 0.493. The van der Waals surface area contributed by atoms with Crippen LogP contribution in [0.25, 0.3) is 0 Å². The number of ether oxygens (including phenoxy) is 1. The second-order valence-electron chi connectivity index (χ2n) is 5.88. The number of hydrogen-bond donors (Lipinski definition) is 2. The van der Waals surface area contributed by atoms with Gasteiger partial charge in [-0.2, -0.15) is 4.98 Å². The third-order valence-corrected chi connectivity index (χ3v) is 3.60. The van der Waals surface area contributed by atoms with E-state index in [0.717, 1.165) is 17.5 Å². The maximum Gasteiger partial charge on any atom is 0.374 e. The number of aryl methyl sites for hydroxylation is 2. The average Bonchev–Trinajstić information content (AvgIpc) is 2.65. The van der Waals surface area contributed by atoms with Crippen molar-refractivity contribution in [3.8, 4) is 11.6 Å². The molecule has 2 N–H and O–H groups in total. The summed E-state index contributed by atoms with van der Waals surface area (Å²) in [6, 6.07) is 8.55. The van der Waals surface area contributed by atoms with E-state index in [2.05, 4.69) is 25.8 Å². The number of benzene rings is 1. The number of nitro groups is 1. The number of amides is 1. The van der Waals surface area contributed by atoms with Crippen LogP contribution in [-0.2, 0) is 0 Å². The van der Waals surface area contributed by atoms with Crippen molar-refractivity contribution in [1.82, 2.24) is 20.4 Å². The molecule has 0 radical (unpaired) electrons. The summed E-state index contributed by atoms with van der Waals surface area (Å²) < 4.78 is 5.61. The lowest BCUT2D eigenvalue weighted by atomic mass is 10.1. The number of nitrogens with one attached hydrogen (secondary N) is 2. The van der Waals surface area contributed by atoms with Crippen LogP contribution in [-0.4, -0.2) is 25.8 Å². The molecular weight excluding hydrogens is 364 g/mol. The Balaban J connectivity index is 1.85. The van der Waals surface area contributed by atoms with E-state index in [1.807, 2.05) is 19.9 Å².